The summed E-state index contributed by atoms with van der Waals surface area (Å²) < 4.78 is 0. The van der Waals surface area contributed by atoms with Crippen molar-refractivity contribution in [2.75, 3.05) is 0 Å². The Hall–Kier alpha value is -1.48. The number of rotatable bonds is 15. The Morgan fingerprint density at radius 3 is 1.88 bits per heavy atom. The van der Waals surface area contributed by atoms with Crippen LogP contribution in [-0.2, 0) is 0 Å². The van der Waals surface area contributed by atoms with Crippen molar-refractivity contribution in [2.45, 2.75) is 90.9 Å². The molecule has 0 amide bonds. The average molecular weight is 327 g/mol. The maximum absolute atomic E-state index is 3.14. The third-order valence-electron chi connectivity index (χ3n) is 3.81. The summed E-state index contributed by atoms with van der Waals surface area (Å²) in [6, 6.07) is 0. The molecule has 0 nitrogen and oxygen atoms in total. The van der Waals surface area contributed by atoms with Gasteiger partial charge in [0, 0.05) is 0 Å². The minimum atomic E-state index is 0.961. The maximum Gasteiger partial charge on any atom is -0.00865 e. The molecule has 0 aliphatic heterocycles. The Bertz CT molecular complexity index is 421. The molecule has 0 aliphatic carbocycles. The monoisotopic (exact) mass is 326 g/mol. The highest BCUT2D eigenvalue weighted by atomic mass is 13.9. The van der Waals surface area contributed by atoms with Gasteiger partial charge >= 0.3 is 0 Å². The number of allylic oxidation sites excluding steroid dienone is 8. The second-order valence-corrected chi connectivity index (χ2v) is 6.16. The number of hydrogen-bond donors (Lipinski definition) is 0. The second-order valence-electron chi connectivity index (χ2n) is 6.16. The van der Waals surface area contributed by atoms with Gasteiger partial charge in [0.15, 0.2) is 0 Å². The van der Waals surface area contributed by atoms with Crippen LogP contribution in [0, 0.1) is 0 Å². The van der Waals surface area contributed by atoms with Crippen molar-refractivity contribution in [1.29, 1.82) is 0 Å². The largest absolute Gasteiger partial charge is 0.0917 e. The Balaban J connectivity index is 3.50. The van der Waals surface area contributed by atoms with Gasteiger partial charge in [0.2, 0.25) is 0 Å². The van der Waals surface area contributed by atoms with Gasteiger partial charge in [0.05, 0.1) is 0 Å². The summed E-state index contributed by atoms with van der Waals surface area (Å²) in [5.41, 5.74) is 6.27. The standard InChI is InChI=1S/C24H38/c1-3-5-7-9-11-13-15-17-19-21-23-24-22-20-18-16-14-12-10-8-6-4-2/h3,5,11,13,18-19,21,24H,4,6-10,12,14-17,23H2,1-2H3/b5-3+,13-11+,21-19+,24-18?. The number of unbranched alkanes of at least 4 members (excludes halogenated alkanes) is 8. The Labute approximate surface area is 151 Å². The van der Waals surface area contributed by atoms with E-state index in [1.165, 1.54) is 38.5 Å². The molecule has 0 saturated carbocycles. The Kier molecular flexibility index (Phi) is 20.2. The minimum Gasteiger partial charge on any atom is -0.0917 e. The number of hydrogen-bond acceptors (Lipinski definition) is 0. The zero-order chi connectivity index (χ0) is 17.6. The first-order valence-corrected chi connectivity index (χ1v) is 9.97. The summed E-state index contributed by atoms with van der Waals surface area (Å²) in [6.45, 7) is 4.34. The zero-order valence-corrected chi connectivity index (χ0v) is 16.1. The summed E-state index contributed by atoms with van der Waals surface area (Å²) in [7, 11) is 0. The van der Waals surface area contributed by atoms with E-state index < -0.39 is 0 Å². The van der Waals surface area contributed by atoms with Crippen LogP contribution in [0.1, 0.15) is 90.9 Å². The summed E-state index contributed by atoms with van der Waals surface area (Å²) in [5, 5.41) is 0. The van der Waals surface area contributed by atoms with E-state index in [9.17, 15) is 0 Å². The summed E-state index contributed by atoms with van der Waals surface area (Å²) in [4.78, 5) is 0. The molecule has 0 aromatic rings. The summed E-state index contributed by atoms with van der Waals surface area (Å²) >= 11 is 0. The van der Waals surface area contributed by atoms with E-state index in [1.807, 2.05) is 0 Å². The molecule has 0 unspecified atom stereocenters. The van der Waals surface area contributed by atoms with Crippen molar-refractivity contribution in [3.8, 4) is 0 Å². The fraction of sp³-hybridized carbons (Fsp3) is 0.583. The first kappa shape index (κ1) is 22.5. The van der Waals surface area contributed by atoms with Crippen molar-refractivity contribution < 1.29 is 0 Å². The molecule has 0 saturated heterocycles. The van der Waals surface area contributed by atoms with Crippen molar-refractivity contribution in [3.63, 3.8) is 0 Å². The molecule has 134 valence electrons. The predicted octanol–water partition coefficient (Wildman–Crippen LogP) is 8.24. The molecule has 0 heterocycles. The van der Waals surface area contributed by atoms with Crippen molar-refractivity contribution in [1.82, 2.24) is 0 Å². The first-order chi connectivity index (χ1) is 11.9. The maximum atomic E-state index is 3.14. The SMILES string of the molecule is C/C=C/CC/C=C/CC/C=C/CC=C=C=CCCCCCCCC. The summed E-state index contributed by atoms with van der Waals surface area (Å²) in [6.07, 6.45) is 32.4. The van der Waals surface area contributed by atoms with Crippen LogP contribution in [0.2, 0.25) is 0 Å². The second kappa shape index (κ2) is 21.5. The first-order valence-electron chi connectivity index (χ1n) is 9.97. The molecule has 0 fully saturated rings. The zero-order valence-electron chi connectivity index (χ0n) is 16.1. The Morgan fingerprint density at radius 1 is 0.583 bits per heavy atom. The normalized spacial score (nSPS) is 11.2. The van der Waals surface area contributed by atoms with E-state index in [0.717, 1.165) is 38.5 Å². The molecule has 0 N–H and O–H groups in total. The van der Waals surface area contributed by atoms with Gasteiger partial charge in [-0.1, -0.05) is 86.9 Å². The van der Waals surface area contributed by atoms with E-state index in [1.54, 1.807) is 0 Å². The van der Waals surface area contributed by atoms with Gasteiger partial charge < -0.3 is 0 Å². The molecule has 0 radical (unpaired) electrons. The fourth-order valence-corrected chi connectivity index (χ4v) is 2.35. The lowest BCUT2D eigenvalue weighted by atomic mass is 10.1. The molecular weight excluding hydrogens is 288 g/mol. The van der Waals surface area contributed by atoms with Gasteiger partial charge in [0.25, 0.3) is 0 Å². The average Bonchev–Trinajstić information content (AvgIpc) is 2.60. The molecule has 0 bridgehead atoms. The van der Waals surface area contributed by atoms with Crippen LogP contribution in [0.3, 0.4) is 0 Å². The molecule has 0 atom stereocenters. The highest BCUT2D eigenvalue weighted by Crippen LogP contribution is 2.06. The smallest absolute Gasteiger partial charge is 0.00865 e. The molecule has 0 aromatic heterocycles. The Morgan fingerprint density at radius 2 is 1.17 bits per heavy atom. The quantitative estimate of drug-likeness (QED) is 0.161. The predicted molar refractivity (Wildman–Crippen MR) is 110 cm³/mol. The molecule has 0 heteroatoms. The van der Waals surface area contributed by atoms with E-state index in [0.29, 0.717) is 0 Å². The van der Waals surface area contributed by atoms with Crippen molar-refractivity contribution in [3.05, 3.63) is 60.1 Å². The van der Waals surface area contributed by atoms with Crippen molar-refractivity contribution in [2.24, 2.45) is 0 Å². The third kappa shape index (κ3) is 20.5. The van der Waals surface area contributed by atoms with Crippen LogP contribution in [0.5, 0.6) is 0 Å². The van der Waals surface area contributed by atoms with Gasteiger partial charge in [0.1, 0.15) is 0 Å². The highest BCUT2D eigenvalue weighted by Gasteiger charge is 1.87. The molecule has 24 heavy (non-hydrogen) atoms. The van der Waals surface area contributed by atoms with Gasteiger partial charge in [-0.3, -0.25) is 0 Å². The van der Waals surface area contributed by atoms with Crippen LogP contribution in [0.15, 0.2) is 60.1 Å². The molecular formula is C24H38. The van der Waals surface area contributed by atoms with Crippen LogP contribution in [0.4, 0.5) is 0 Å². The van der Waals surface area contributed by atoms with E-state index >= 15 is 0 Å². The van der Waals surface area contributed by atoms with E-state index in [-0.39, 0.29) is 0 Å². The van der Waals surface area contributed by atoms with Crippen LogP contribution in [0.25, 0.3) is 0 Å². The summed E-state index contributed by atoms with van der Waals surface area (Å²) in [5.74, 6) is 0. The lowest BCUT2D eigenvalue weighted by molar-refractivity contribution is 0.611. The molecule has 0 spiro atoms. The topological polar surface area (TPSA) is 0 Å². The van der Waals surface area contributed by atoms with E-state index in [4.69, 9.17) is 0 Å². The molecule has 0 aliphatic rings. The van der Waals surface area contributed by atoms with E-state index in [2.05, 4.69) is 73.9 Å². The van der Waals surface area contributed by atoms with Crippen LogP contribution in [-0.4, -0.2) is 0 Å². The van der Waals surface area contributed by atoms with Crippen LogP contribution < -0.4 is 0 Å². The van der Waals surface area contributed by atoms with Crippen LogP contribution >= 0.6 is 0 Å². The van der Waals surface area contributed by atoms with Gasteiger partial charge in [-0.2, -0.15) is 0 Å². The minimum absolute atomic E-state index is 0.961. The highest BCUT2D eigenvalue weighted by molar-refractivity contribution is 4.95. The van der Waals surface area contributed by atoms with Gasteiger partial charge in [-0.05, 0) is 64.0 Å². The lowest BCUT2D eigenvalue weighted by Crippen LogP contribution is -1.76. The van der Waals surface area contributed by atoms with Gasteiger partial charge in [-0.25, -0.2) is 0 Å². The molecule has 0 rings (SSSR count). The third-order valence-corrected chi connectivity index (χ3v) is 3.81. The van der Waals surface area contributed by atoms with Gasteiger partial charge in [-0.15, -0.1) is 0 Å². The lowest BCUT2D eigenvalue weighted by Gasteiger charge is -1.96. The fourth-order valence-electron chi connectivity index (χ4n) is 2.35. The molecule has 0 aromatic carbocycles. The van der Waals surface area contributed by atoms with Crippen molar-refractivity contribution >= 4 is 0 Å².